The normalized spacial score (nSPS) is 16.5. The zero-order valence-corrected chi connectivity index (χ0v) is 13.2. The maximum atomic E-state index is 11.9. The highest BCUT2D eigenvalue weighted by atomic mass is 16.2. The van der Waals surface area contributed by atoms with E-state index in [-0.39, 0.29) is 5.91 Å². The second-order valence-electron chi connectivity index (χ2n) is 6.01. The third kappa shape index (κ3) is 4.67. The Kier molecular flexibility index (Phi) is 5.50. The minimum atomic E-state index is 0.124. The molecule has 0 aliphatic carbocycles. The zero-order valence-electron chi connectivity index (χ0n) is 13.2. The molecule has 1 N–H and O–H groups in total. The molecule has 6 heteroatoms. The monoisotopic (exact) mass is 291 g/mol. The summed E-state index contributed by atoms with van der Waals surface area (Å²) in [5, 5.41) is 3.37. The molecule has 1 fully saturated rings. The van der Waals surface area contributed by atoms with Crippen molar-refractivity contribution in [2.45, 2.75) is 26.8 Å². The first-order valence-electron chi connectivity index (χ1n) is 7.57. The van der Waals surface area contributed by atoms with Gasteiger partial charge in [-0.1, -0.05) is 13.8 Å². The molecule has 116 valence electrons. The number of carbonyl (C=O) groups excluding carboxylic acids is 1. The molecule has 0 radical (unpaired) electrons. The van der Waals surface area contributed by atoms with Gasteiger partial charge in [-0.05, 0) is 18.9 Å². The van der Waals surface area contributed by atoms with Crippen molar-refractivity contribution in [2.75, 3.05) is 38.1 Å². The highest BCUT2D eigenvalue weighted by molar-refractivity contribution is 5.81. The smallest absolute Gasteiger partial charge is 0.241 e. The Morgan fingerprint density at radius 3 is 2.67 bits per heavy atom. The van der Waals surface area contributed by atoms with Crippen LogP contribution in [0.15, 0.2) is 12.4 Å². The second-order valence-corrected chi connectivity index (χ2v) is 6.01. The summed E-state index contributed by atoms with van der Waals surface area (Å²) >= 11 is 0. The van der Waals surface area contributed by atoms with Crippen molar-refractivity contribution in [3.63, 3.8) is 0 Å². The molecule has 0 saturated carbocycles. The number of rotatable bonds is 5. The fourth-order valence-electron chi connectivity index (χ4n) is 2.26. The topological polar surface area (TPSA) is 61.4 Å². The predicted octanol–water partition coefficient (Wildman–Crippen LogP) is 0.891. The molecule has 21 heavy (non-hydrogen) atoms. The Morgan fingerprint density at radius 2 is 2.00 bits per heavy atom. The maximum absolute atomic E-state index is 11.9. The Labute approximate surface area is 126 Å². The van der Waals surface area contributed by atoms with E-state index < -0.39 is 0 Å². The van der Waals surface area contributed by atoms with Gasteiger partial charge in [-0.15, -0.1) is 0 Å². The van der Waals surface area contributed by atoms with E-state index in [0.717, 1.165) is 38.2 Å². The number of likely N-dealkylation sites (N-methyl/N-ethyl adjacent to an activating group) is 1. The minimum absolute atomic E-state index is 0.124. The minimum Gasteiger partial charge on any atom is -0.344 e. The number of hydrogen-bond acceptors (Lipinski definition) is 5. The van der Waals surface area contributed by atoms with Crippen LogP contribution >= 0.6 is 0 Å². The van der Waals surface area contributed by atoms with Crippen molar-refractivity contribution >= 4 is 11.9 Å². The van der Waals surface area contributed by atoms with Gasteiger partial charge in [0.2, 0.25) is 11.9 Å². The summed E-state index contributed by atoms with van der Waals surface area (Å²) in [5.74, 6) is 1.40. The number of nitrogens with zero attached hydrogens (tertiary/aromatic N) is 4. The van der Waals surface area contributed by atoms with Crippen LogP contribution in [0.25, 0.3) is 0 Å². The highest BCUT2D eigenvalue weighted by Crippen LogP contribution is 2.11. The van der Waals surface area contributed by atoms with Gasteiger partial charge in [-0.3, -0.25) is 4.79 Å². The van der Waals surface area contributed by atoms with Gasteiger partial charge in [0, 0.05) is 44.6 Å². The van der Waals surface area contributed by atoms with Crippen molar-refractivity contribution < 1.29 is 4.79 Å². The molecule has 0 bridgehead atoms. The van der Waals surface area contributed by atoms with E-state index in [0.29, 0.717) is 18.4 Å². The lowest BCUT2D eigenvalue weighted by molar-refractivity contribution is -0.127. The number of amides is 1. The summed E-state index contributed by atoms with van der Waals surface area (Å²) in [7, 11) is 1.84. The van der Waals surface area contributed by atoms with Crippen LogP contribution in [0, 0.1) is 5.92 Å². The summed E-state index contributed by atoms with van der Waals surface area (Å²) < 4.78 is 0. The quantitative estimate of drug-likeness (QED) is 0.873. The van der Waals surface area contributed by atoms with Gasteiger partial charge < -0.3 is 15.1 Å². The van der Waals surface area contributed by atoms with E-state index in [9.17, 15) is 4.79 Å². The van der Waals surface area contributed by atoms with Gasteiger partial charge in [0.05, 0.1) is 6.54 Å². The number of nitrogens with one attached hydrogen (secondary N) is 1. The van der Waals surface area contributed by atoms with Gasteiger partial charge in [0.1, 0.15) is 0 Å². The number of hydrogen-bond donors (Lipinski definition) is 1. The van der Waals surface area contributed by atoms with Crippen LogP contribution in [-0.4, -0.2) is 54.0 Å². The van der Waals surface area contributed by atoms with Crippen molar-refractivity contribution in [1.82, 2.24) is 20.2 Å². The fourth-order valence-corrected chi connectivity index (χ4v) is 2.26. The third-order valence-corrected chi connectivity index (χ3v) is 3.53. The molecule has 1 aliphatic rings. The maximum Gasteiger partial charge on any atom is 0.241 e. The van der Waals surface area contributed by atoms with Crippen LogP contribution in [0.4, 0.5) is 5.95 Å². The van der Waals surface area contributed by atoms with Gasteiger partial charge >= 0.3 is 0 Å². The molecule has 0 unspecified atom stereocenters. The van der Waals surface area contributed by atoms with Crippen molar-refractivity contribution in [2.24, 2.45) is 5.92 Å². The summed E-state index contributed by atoms with van der Waals surface area (Å²) in [4.78, 5) is 24.4. The summed E-state index contributed by atoms with van der Waals surface area (Å²) in [5.41, 5.74) is 1.07. The number of anilines is 1. The second kappa shape index (κ2) is 7.36. The number of aromatic nitrogens is 2. The average molecular weight is 291 g/mol. The van der Waals surface area contributed by atoms with E-state index in [2.05, 4.69) is 29.1 Å². The molecule has 6 nitrogen and oxygen atoms in total. The van der Waals surface area contributed by atoms with E-state index in [1.54, 1.807) is 4.90 Å². The molecular weight excluding hydrogens is 266 g/mol. The Hall–Kier alpha value is -1.69. The van der Waals surface area contributed by atoms with E-state index in [4.69, 9.17) is 0 Å². The van der Waals surface area contributed by atoms with E-state index in [1.807, 2.05) is 24.3 Å². The summed E-state index contributed by atoms with van der Waals surface area (Å²) in [6.45, 7) is 8.10. The van der Waals surface area contributed by atoms with Crippen LogP contribution in [-0.2, 0) is 11.3 Å². The Bertz CT molecular complexity index is 460. The largest absolute Gasteiger partial charge is 0.344 e. The van der Waals surface area contributed by atoms with Crippen molar-refractivity contribution in [3.05, 3.63) is 18.0 Å². The molecule has 1 saturated heterocycles. The molecule has 2 rings (SSSR count). The van der Waals surface area contributed by atoms with E-state index in [1.165, 1.54) is 0 Å². The van der Waals surface area contributed by atoms with E-state index >= 15 is 0 Å². The van der Waals surface area contributed by atoms with Gasteiger partial charge in [-0.25, -0.2) is 9.97 Å². The third-order valence-electron chi connectivity index (χ3n) is 3.53. The molecule has 1 aromatic heterocycles. The molecule has 0 atom stereocenters. The summed E-state index contributed by atoms with van der Waals surface area (Å²) in [6.07, 6.45) is 4.63. The molecular formula is C15H25N5O. The van der Waals surface area contributed by atoms with Gasteiger partial charge in [0.25, 0.3) is 0 Å². The first-order chi connectivity index (χ1) is 10.1. The molecule has 2 heterocycles. The van der Waals surface area contributed by atoms with Crippen LogP contribution in [0.5, 0.6) is 0 Å². The molecule has 1 aliphatic heterocycles. The van der Waals surface area contributed by atoms with Crippen LogP contribution in [0.1, 0.15) is 25.8 Å². The lowest BCUT2D eigenvalue weighted by Crippen LogP contribution is -2.35. The van der Waals surface area contributed by atoms with Crippen LogP contribution < -0.4 is 10.2 Å². The lowest BCUT2D eigenvalue weighted by Gasteiger charge is -2.19. The van der Waals surface area contributed by atoms with Crippen molar-refractivity contribution in [3.8, 4) is 0 Å². The summed E-state index contributed by atoms with van der Waals surface area (Å²) in [6, 6.07) is 0. The Morgan fingerprint density at radius 1 is 1.29 bits per heavy atom. The molecule has 1 aromatic rings. The lowest BCUT2D eigenvalue weighted by atomic mass is 10.2. The first-order valence-corrected chi connectivity index (χ1v) is 7.57. The van der Waals surface area contributed by atoms with Crippen LogP contribution in [0.2, 0.25) is 0 Å². The SMILES string of the molecule is CC(C)CNCc1cnc(N2CCCN(C)C(=O)C2)nc1. The highest BCUT2D eigenvalue weighted by Gasteiger charge is 2.20. The first kappa shape index (κ1) is 15.7. The van der Waals surface area contributed by atoms with Gasteiger partial charge in [-0.2, -0.15) is 0 Å². The standard InChI is InChI=1S/C15H25N5O/c1-12(2)7-16-8-13-9-17-15(18-10-13)20-6-4-5-19(3)14(21)11-20/h9-10,12,16H,4-8,11H2,1-3H3. The number of carbonyl (C=O) groups is 1. The Balaban J connectivity index is 1.93. The zero-order chi connectivity index (χ0) is 15.2. The molecule has 1 amide bonds. The van der Waals surface area contributed by atoms with Gasteiger partial charge in [0.15, 0.2) is 0 Å². The fraction of sp³-hybridized carbons (Fsp3) is 0.667. The predicted molar refractivity (Wildman–Crippen MR) is 83.0 cm³/mol. The average Bonchev–Trinajstić information content (AvgIpc) is 2.62. The molecule has 0 spiro atoms. The molecule has 0 aromatic carbocycles. The van der Waals surface area contributed by atoms with Crippen molar-refractivity contribution in [1.29, 1.82) is 0 Å². The van der Waals surface area contributed by atoms with Crippen LogP contribution in [0.3, 0.4) is 0 Å².